The molecule has 1 aromatic heterocycles. The first-order valence-electron chi connectivity index (χ1n) is 5.00. The van der Waals surface area contributed by atoms with Crippen molar-refractivity contribution in [3.63, 3.8) is 0 Å². The molecule has 0 amide bonds. The third kappa shape index (κ3) is 3.88. The van der Waals surface area contributed by atoms with Crippen molar-refractivity contribution in [2.75, 3.05) is 26.0 Å². The van der Waals surface area contributed by atoms with Gasteiger partial charge in [0, 0.05) is 26.0 Å². The van der Waals surface area contributed by atoms with Gasteiger partial charge in [-0.25, -0.2) is 12.7 Å². The Labute approximate surface area is 95.8 Å². The maximum atomic E-state index is 11.7. The number of aryl methyl sites for hydroxylation is 1. The Bertz CT molecular complexity index is 405. The van der Waals surface area contributed by atoms with Gasteiger partial charge in [0.05, 0.1) is 12.4 Å². The number of rotatable bonds is 6. The number of pyridine rings is 1. The van der Waals surface area contributed by atoms with Crippen molar-refractivity contribution in [2.45, 2.75) is 6.42 Å². The third-order valence-corrected chi connectivity index (χ3v) is 4.14. The largest absolute Gasteiger partial charge is 0.395 e. The van der Waals surface area contributed by atoms with Crippen LogP contribution in [-0.2, 0) is 16.4 Å². The van der Waals surface area contributed by atoms with Gasteiger partial charge in [0.25, 0.3) is 0 Å². The summed E-state index contributed by atoms with van der Waals surface area (Å²) < 4.78 is 24.6. The maximum Gasteiger partial charge on any atom is 0.214 e. The number of aromatic nitrogens is 1. The van der Waals surface area contributed by atoms with Gasteiger partial charge >= 0.3 is 0 Å². The standard InChI is InChI=1S/C10H16N2O3S/c1-12(7-8-13)16(14,15)9-4-10-2-5-11-6-3-10/h2-3,5-6,13H,4,7-9H2,1H3. The van der Waals surface area contributed by atoms with Crippen molar-refractivity contribution in [1.82, 2.24) is 9.29 Å². The Morgan fingerprint density at radius 1 is 1.38 bits per heavy atom. The number of nitrogens with zero attached hydrogens (tertiary/aromatic N) is 2. The molecule has 0 atom stereocenters. The molecule has 0 spiro atoms. The second-order valence-corrected chi connectivity index (χ2v) is 5.66. The zero-order valence-corrected chi connectivity index (χ0v) is 10.0. The average Bonchev–Trinajstić information content (AvgIpc) is 2.28. The van der Waals surface area contributed by atoms with Crippen molar-refractivity contribution in [3.8, 4) is 0 Å². The van der Waals surface area contributed by atoms with Crippen molar-refractivity contribution in [2.24, 2.45) is 0 Å². The Hall–Kier alpha value is -0.980. The van der Waals surface area contributed by atoms with Gasteiger partial charge in [0.1, 0.15) is 0 Å². The van der Waals surface area contributed by atoms with Crippen molar-refractivity contribution in [1.29, 1.82) is 0 Å². The van der Waals surface area contributed by atoms with Crippen LogP contribution in [0, 0.1) is 0 Å². The molecule has 16 heavy (non-hydrogen) atoms. The van der Waals surface area contributed by atoms with Crippen molar-refractivity contribution >= 4 is 10.0 Å². The summed E-state index contributed by atoms with van der Waals surface area (Å²) in [6.07, 6.45) is 3.74. The molecule has 0 radical (unpaired) electrons. The first-order chi connectivity index (χ1) is 7.56. The second kappa shape index (κ2) is 5.93. The highest BCUT2D eigenvalue weighted by atomic mass is 32.2. The van der Waals surface area contributed by atoms with E-state index in [1.807, 2.05) is 0 Å². The summed E-state index contributed by atoms with van der Waals surface area (Å²) in [5.74, 6) is 0.0491. The molecule has 90 valence electrons. The van der Waals surface area contributed by atoms with Crippen molar-refractivity contribution < 1.29 is 13.5 Å². The Morgan fingerprint density at radius 3 is 2.56 bits per heavy atom. The monoisotopic (exact) mass is 244 g/mol. The predicted molar refractivity (Wildman–Crippen MR) is 61.4 cm³/mol. The van der Waals surface area contributed by atoms with Gasteiger partial charge in [0.15, 0.2) is 0 Å². The smallest absolute Gasteiger partial charge is 0.214 e. The number of likely N-dealkylation sites (N-methyl/N-ethyl adjacent to an activating group) is 1. The zero-order valence-electron chi connectivity index (χ0n) is 9.20. The first-order valence-corrected chi connectivity index (χ1v) is 6.61. The summed E-state index contributed by atoms with van der Waals surface area (Å²) >= 11 is 0. The van der Waals surface area contributed by atoms with Crippen LogP contribution in [0.15, 0.2) is 24.5 Å². The molecular weight excluding hydrogens is 228 g/mol. The summed E-state index contributed by atoms with van der Waals surface area (Å²) in [5, 5.41) is 8.67. The van der Waals surface area contributed by atoms with E-state index in [-0.39, 0.29) is 18.9 Å². The van der Waals surface area contributed by atoms with Crippen LogP contribution < -0.4 is 0 Å². The number of sulfonamides is 1. The van der Waals surface area contributed by atoms with Gasteiger partial charge in [0.2, 0.25) is 10.0 Å². The summed E-state index contributed by atoms with van der Waals surface area (Å²) in [7, 11) is -1.80. The molecule has 0 saturated heterocycles. The lowest BCUT2D eigenvalue weighted by Crippen LogP contribution is -2.32. The molecule has 0 saturated carbocycles. The minimum atomic E-state index is -3.27. The van der Waals surface area contributed by atoms with Crippen LogP contribution in [0.4, 0.5) is 0 Å². The number of aliphatic hydroxyl groups excluding tert-OH is 1. The van der Waals surface area contributed by atoms with Crippen LogP contribution >= 0.6 is 0 Å². The van der Waals surface area contributed by atoms with Crippen LogP contribution in [0.5, 0.6) is 0 Å². The lowest BCUT2D eigenvalue weighted by molar-refractivity contribution is 0.266. The van der Waals surface area contributed by atoms with Crippen LogP contribution in [-0.4, -0.2) is 48.8 Å². The number of hydrogen-bond acceptors (Lipinski definition) is 4. The molecule has 0 aliphatic heterocycles. The topological polar surface area (TPSA) is 70.5 Å². The molecule has 0 bridgehead atoms. The van der Waals surface area contributed by atoms with Crippen LogP contribution in [0.2, 0.25) is 0 Å². The zero-order chi connectivity index (χ0) is 12.0. The fraction of sp³-hybridized carbons (Fsp3) is 0.500. The van der Waals surface area contributed by atoms with Gasteiger partial charge < -0.3 is 5.11 Å². The fourth-order valence-electron chi connectivity index (χ4n) is 1.23. The molecule has 1 rings (SSSR count). The molecule has 1 heterocycles. The summed E-state index contributed by atoms with van der Waals surface area (Å²) in [4.78, 5) is 3.86. The Kier molecular flexibility index (Phi) is 4.85. The Morgan fingerprint density at radius 2 is 2.00 bits per heavy atom. The lowest BCUT2D eigenvalue weighted by atomic mass is 10.2. The molecular formula is C10H16N2O3S. The van der Waals surface area contributed by atoms with Crippen LogP contribution in [0.25, 0.3) is 0 Å². The predicted octanol–water partition coefficient (Wildman–Crippen LogP) is -0.122. The van der Waals surface area contributed by atoms with Gasteiger partial charge in [-0.1, -0.05) is 0 Å². The molecule has 1 aromatic rings. The van der Waals surface area contributed by atoms with E-state index >= 15 is 0 Å². The fourth-order valence-corrected chi connectivity index (χ4v) is 2.40. The summed E-state index contributed by atoms with van der Waals surface area (Å²) in [6, 6.07) is 3.59. The van der Waals surface area contributed by atoms with E-state index in [2.05, 4.69) is 4.98 Å². The highest BCUT2D eigenvalue weighted by molar-refractivity contribution is 7.89. The lowest BCUT2D eigenvalue weighted by Gasteiger charge is -2.15. The van der Waals surface area contributed by atoms with Crippen LogP contribution in [0.3, 0.4) is 0 Å². The molecule has 0 aliphatic carbocycles. The van der Waals surface area contributed by atoms with Gasteiger partial charge in [-0.05, 0) is 24.1 Å². The summed E-state index contributed by atoms with van der Waals surface area (Å²) in [6.45, 7) is -0.0241. The number of hydrogen-bond donors (Lipinski definition) is 1. The molecule has 6 heteroatoms. The quantitative estimate of drug-likeness (QED) is 0.757. The van der Waals surface area contributed by atoms with E-state index in [9.17, 15) is 8.42 Å². The van der Waals surface area contributed by atoms with E-state index in [1.54, 1.807) is 24.5 Å². The van der Waals surface area contributed by atoms with E-state index in [0.717, 1.165) is 5.56 Å². The van der Waals surface area contributed by atoms with Gasteiger partial charge in [-0.3, -0.25) is 4.98 Å². The molecule has 5 nitrogen and oxygen atoms in total. The minimum Gasteiger partial charge on any atom is -0.395 e. The number of aliphatic hydroxyl groups is 1. The maximum absolute atomic E-state index is 11.7. The first kappa shape index (κ1) is 13.1. The van der Waals surface area contributed by atoms with E-state index in [1.165, 1.54) is 11.4 Å². The molecule has 0 aliphatic rings. The Balaban J connectivity index is 2.55. The average molecular weight is 244 g/mol. The van der Waals surface area contributed by atoms with Gasteiger partial charge in [-0.2, -0.15) is 0 Å². The van der Waals surface area contributed by atoms with Crippen molar-refractivity contribution in [3.05, 3.63) is 30.1 Å². The molecule has 0 unspecified atom stereocenters. The third-order valence-electron chi connectivity index (χ3n) is 2.29. The van der Waals surface area contributed by atoms with E-state index in [4.69, 9.17) is 5.11 Å². The van der Waals surface area contributed by atoms with Crippen LogP contribution in [0.1, 0.15) is 5.56 Å². The molecule has 1 N–H and O–H groups in total. The van der Waals surface area contributed by atoms with E-state index in [0.29, 0.717) is 6.42 Å². The summed E-state index contributed by atoms with van der Waals surface area (Å²) in [5.41, 5.74) is 0.941. The molecule has 0 fully saturated rings. The highest BCUT2D eigenvalue weighted by Gasteiger charge is 2.16. The van der Waals surface area contributed by atoms with E-state index < -0.39 is 10.0 Å². The minimum absolute atomic E-state index is 0.0491. The van der Waals surface area contributed by atoms with Gasteiger partial charge in [-0.15, -0.1) is 0 Å². The molecule has 0 aromatic carbocycles. The normalized spacial score (nSPS) is 11.9. The SMILES string of the molecule is CN(CCO)S(=O)(=O)CCc1ccncc1. The highest BCUT2D eigenvalue weighted by Crippen LogP contribution is 2.03. The second-order valence-electron chi connectivity index (χ2n) is 3.47.